The van der Waals surface area contributed by atoms with Gasteiger partial charge in [-0.25, -0.2) is 4.39 Å². The number of halogens is 1. The van der Waals surface area contributed by atoms with E-state index in [0.717, 1.165) is 11.1 Å². The van der Waals surface area contributed by atoms with E-state index in [1.54, 1.807) is 13.0 Å². The van der Waals surface area contributed by atoms with Gasteiger partial charge in [0.25, 0.3) is 5.91 Å². The summed E-state index contributed by atoms with van der Waals surface area (Å²) in [5.41, 5.74) is 2.63. The number of amides is 1. The van der Waals surface area contributed by atoms with Gasteiger partial charge < -0.3 is 10.0 Å². The molecule has 0 spiro atoms. The molecule has 0 saturated carbocycles. The Bertz CT molecular complexity index is 741. The zero-order valence-electron chi connectivity index (χ0n) is 13.8. The highest BCUT2D eigenvalue weighted by molar-refractivity contribution is 5.95. The molecule has 0 heterocycles. The van der Waals surface area contributed by atoms with Crippen molar-refractivity contribution in [2.45, 2.75) is 20.3 Å². The van der Waals surface area contributed by atoms with Crippen LogP contribution in [0.1, 0.15) is 29.3 Å². The van der Waals surface area contributed by atoms with Crippen molar-refractivity contribution in [3.63, 3.8) is 0 Å². The molecule has 5 heteroatoms. The van der Waals surface area contributed by atoms with Gasteiger partial charge in [0.05, 0.1) is 12.0 Å². The Morgan fingerprint density at radius 3 is 2.25 bits per heavy atom. The van der Waals surface area contributed by atoms with E-state index in [9.17, 15) is 14.0 Å². The van der Waals surface area contributed by atoms with E-state index >= 15 is 0 Å². The van der Waals surface area contributed by atoms with Crippen LogP contribution in [0.5, 0.6) is 0 Å². The summed E-state index contributed by atoms with van der Waals surface area (Å²) in [6.07, 6.45) is -0.164. The molecule has 0 aromatic heterocycles. The summed E-state index contributed by atoms with van der Waals surface area (Å²) < 4.78 is 14.4. The van der Waals surface area contributed by atoms with E-state index in [-0.39, 0.29) is 18.5 Å². The van der Waals surface area contributed by atoms with E-state index in [4.69, 9.17) is 5.11 Å². The molecule has 0 saturated heterocycles. The molecule has 0 fully saturated rings. The van der Waals surface area contributed by atoms with Crippen molar-refractivity contribution in [3.8, 4) is 11.1 Å². The maximum atomic E-state index is 14.4. The van der Waals surface area contributed by atoms with Crippen LogP contribution in [0.4, 0.5) is 4.39 Å². The van der Waals surface area contributed by atoms with Crippen LogP contribution in [0.15, 0.2) is 42.5 Å². The molecule has 0 radical (unpaired) electrons. The molecule has 0 aliphatic carbocycles. The lowest BCUT2D eigenvalue weighted by Gasteiger charge is -2.20. The summed E-state index contributed by atoms with van der Waals surface area (Å²) in [5, 5.41) is 8.73. The minimum atomic E-state index is -0.989. The summed E-state index contributed by atoms with van der Waals surface area (Å²) in [6, 6.07) is 12.2. The zero-order valence-corrected chi connectivity index (χ0v) is 13.8. The lowest BCUT2D eigenvalue weighted by Crippen LogP contribution is -2.33. The number of hydrogen-bond donors (Lipinski definition) is 1. The van der Waals surface area contributed by atoms with Crippen LogP contribution in [-0.2, 0) is 4.79 Å². The van der Waals surface area contributed by atoms with Gasteiger partial charge >= 0.3 is 5.97 Å². The standard InChI is InChI=1S/C19H20FNO3/c1-3-21(11-10-18(22)23)19(24)16-9-8-15(12-17(16)20)14-6-4-13(2)5-7-14/h4-9,12H,3,10-11H2,1-2H3,(H,22,23). The van der Waals surface area contributed by atoms with E-state index in [2.05, 4.69) is 0 Å². The monoisotopic (exact) mass is 329 g/mol. The molecule has 0 atom stereocenters. The molecule has 1 N–H and O–H groups in total. The van der Waals surface area contributed by atoms with Crippen molar-refractivity contribution in [3.05, 3.63) is 59.4 Å². The van der Waals surface area contributed by atoms with Crippen molar-refractivity contribution in [1.82, 2.24) is 4.90 Å². The summed E-state index contributed by atoms with van der Waals surface area (Å²) in [4.78, 5) is 24.4. The molecule has 2 aromatic carbocycles. The van der Waals surface area contributed by atoms with Gasteiger partial charge in [0.2, 0.25) is 0 Å². The number of carbonyl (C=O) groups excluding carboxylic acids is 1. The number of aliphatic carboxylic acids is 1. The van der Waals surface area contributed by atoms with Crippen molar-refractivity contribution < 1.29 is 19.1 Å². The van der Waals surface area contributed by atoms with Gasteiger partial charge in [0.15, 0.2) is 0 Å². The SMILES string of the molecule is CCN(CCC(=O)O)C(=O)c1ccc(-c2ccc(C)cc2)cc1F. The first-order chi connectivity index (χ1) is 11.4. The lowest BCUT2D eigenvalue weighted by atomic mass is 10.0. The third-order valence-corrected chi connectivity index (χ3v) is 3.85. The third kappa shape index (κ3) is 4.19. The molecule has 0 bridgehead atoms. The highest BCUT2D eigenvalue weighted by Crippen LogP contribution is 2.23. The molecular weight excluding hydrogens is 309 g/mol. The molecule has 2 rings (SSSR count). The van der Waals surface area contributed by atoms with Crippen LogP contribution < -0.4 is 0 Å². The van der Waals surface area contributed by atoms with Crippen molar-refractivity contribution in [1.29, 1.82) is 0 Å². The molecule has 0 aliphatic heterocycles. The van der Waals surface area contributed by atoms with Crippen LogP contribution in [0.3, 0.4) is 0 Å². The average molecular weight is 329 g/mol. The second-order valence-electron chi connectivity index (χ2n) is 5.59. The highest BCUT2D eigenvalue weighted by atomic mass is 19.1. The maximum absolute atomic E-state index is 14.4. The van der Waals surface area contributed by atoms with Gasteiger partial charge in [-0.1, -0.05) is 35.9 Å². The molecule has 4 nitrogen and oxygen atoms in total. The zero-order chi connectivity index (χ0) is 17.7. The first kappa shape index (κ1) is 17.7. The van der Waals surface area contributed by atoms with Gasteiger partial charge in [-0.2, -0.15) is 0 Å². The van der Waals surface area contributed by atoms with Crippen LogP contribution in [0.25, 0.3) is 11.1 Å². The minimum Gasteiger partial charge on any atom is -0.481 e. The quantitative estimate of drug-likeness (QED) is 0.878. The number of carbonyl (C=O) groups is 2. The third-order valence-electron chi connectivity index (χ3n) is 3.85. The topological polar surface area (TPSA) is 57.6 Å². The lowest BCUT2D eigenvalue weighted by molar-refractivity contribution is -0.137. The summed E-state index contributed by atoms with van der Waals surface area (Å²) in [6.45, 7) is 4.09. The second kappa shape index (κ2) is 7.73. The number of aryl methyl sites for hydroxylation is 1. The Hall–Kier alpha value is -2.69. The fraction of sp³-hybridized carbons (Fsp3) is 0.263. The summed E-state index contributed by atoms with van der Waals surface area (Å²) >= 11 is 0. The number of nitrogens with zero attached hydrogens (tertiary/aromatic N) is 1. The average Bonchev–Trinajstić information content (AvgIpc) is 2.55. The second-order valence-corrected chi connectivity index (χ2v) is 5.59. The van der Waals surface area contributed by atoms with Crippen LogP contribution in [0.2, 0.25) is 0 Å². The van der Waals surface area contributed by atoms with Gasteiger partial charge in [-0.05, 0) is 37.1 Å². The molecule has 126 valence electrons. The number of hydrogen-bond acceptors (Lipinski definition) is 2. The van der Waals surface area contributed by atoms with Crippen molar-refractivity contribution >= 4 is 11.9 Å². The van der Waals surface area contributed by atoms with E-state index in [1.807, 2.05) is 31.2 Å². The van der Waals surface area contributed by atoms with Gasteiger partial charge in [-0.3, -0.25) is 9.59 Å². The molecule has 2 aromatic rings. The Morgan fingerprint density at radius 2 is 1.71 bits per heavy atom. The van der Waals surface area contributed by atoms with Gasteiger partial charge in [0, 0.05) is 13.1 Å². The van der Waals surface area contributed by atoms with Crippen molar-refractivity contribution in [2.24, 2.45) is 0 Å². The summed E-state index contributed by atoms with van der Waals surface area (Å²) in [5.74, 6) is -2.09. The normalized spacial score (nSPS) is 10.5. The maximum Gasteiger partial charge on any atom is 0.305 e. The molecule has 1 amide bonds. The van der Waals surface area contributed by atoms with E-state index in [0.29, 0.717) is 12.1 Å². The predicted molar refractivity (Wildman–Crippen MR) is 90.4 cm³/mol. The Labute approximate surface area is 140 Å². The van der Waals surface area contributed by atoms with E-state index < -0.39 is 17.7 Å². The van der Waals surface area contributed by atoms with Crippen LogP contribution in [-0.4, -0.2) is 35.0 Å². The number of benzene rings is 2. The molecular formula is C19H20FNO3. The molecule has 0 unspecified atom stereocenters. The fourth-order valence-corrected chi connectivity index (χ4v) is 2.42. The van der Waals surface area contributed by atoms with Crippen LogP contribution in [0, 0.1) is 12.7 Å². The Balaban J connectivity index is 2.23. The number of carboxylic acid groups (broad SMARTS) is 1. The largest absolute Gasteiger partial charge is 0.481 e. The van der Waals surface area contributed by atoms with E-state index in [1.165, 1.54) is 17.0 Å². The van der Waals surface area contributed by atoms with Gasteiger partial charge in [-0.15, -0.1) is 0 Å². The number of carboxylic acids is 1. The highest BCUT2D eigenvalue weighted by Gasteiger charge is 2.19. The predicted octanol–water partition coefficient (Wildman–Crippen LogP) is 3.74. The van der Waals surface area contributed by atoms with Crippen molar-refractivity contribution in [2.75, 3.05) is 13.1 Å². The minimum absolute atomic E-state index is 0.0434. The van der Waals surface area contributed by atoms with Crippen LogP contribution >= 0.6 is 0 Å². The Kier molecular flexibility index (Phi) is 5.68. The number of rotatable bonds is 6. The van der Waals surface area contributed by atoms with Gasteiger partial charge in [0.1, 0.15) is 5.82 Å². The molecule has 24 heavy (non-hydrogen) atoms. The fourth-order valence-electron chi connectivity index (χ4n) is 2.42. The first-order valence-electron chi connectivity index (χ1n) is 7.80. The first-order valence-corrected chi connectivity index (χ1v) is 7.80. The summed E-state index contributed by atoms with van der Waals surface area (Å²) in [7, 11) is 0. The Morgan fingerprint density at radius 1 is 1.08 bits per heavy atom. The molecule has 0 aliphatic rings. The smallest absolute Gasteiger partial charge is 0.305 e.